The Morgan fingerprint density at radius 2 is 1.88 bits per heavy atom. The summed E-state index contributed by atoms with van der Waals surface area (Å²) in [6.45, 7) is 1.13. The first kappa shape index (κ1) is 19.2. The summed E-state index contributed by atoms with van der Waals surface area (Å²) in [6, 6.07) is 13.5. The number of rotatable bonds is 9. The normalized spacial score (nSPS) is 11.3. The zero-order valence-electron chi connectivity index (χ0n) is 14.7. The Bertz CT molecular complexity index is 773. The fourth-order valence-electron chi connectivity index (χ4n) is 2.40. The monoisotopic (exact) mass is 355 g/mol. The highest BCUT2D eigenvalue weighted by Crippen LogP contribution is 2.22. The SMILES string of the molecule is COc1ccc(OCC(=O)N[C@H](Cc2ccccc2)C(C)=O)c(C=O)c1. The van der Waals surface area contributed by atoms with E-state index in [0.29, 0.717) is 18.5 Å². The smallest absolute Gasteiger partial charge is 0.258 e. The number of ether oxygens (including phenoxy) is 2. The number of nitrogens with one attached hydrogen (secondary N) is 1. The van der Waals surface area contributed by atoms with Crippen molar-refractivity contribution in [2.45, 2.75) is 19.4 Å². The molecule has 2 rings (SSSR count). The van der Waals surface area contributed by atoms with Gasteiger partial charge in [-0.15, -0.1) is 0 Å². The highest BCUT2D eigenvalue weighted by atomic mass is 16.5. The van der Waals surface area contributed by atoms with Crippen LogP contribution >= 0.6 is 0 Å². The van der Waals surface area contributed by atoms with Gasteiger partial charge >= 0.3 is 0 Å². The van der Waals surface area contributed by atoms with Gasteiger partial charge in [0.05, 0.1) is 18.7 Å². The first-order valence-corrected chi connectivity index (χ1v) is 8.13. The Hall–Kier alpha value is -3.15. The predicted octanol–water partition coefficient (Wildman–Crippen LogP) is 2.20. The molecule has 0 saturated carbocycles. The van der Waals surface area contributed by atoms with Gasteiger partial charge < -0.3 is 14.8 Å². The van der Waals surface area contributed by atoms with Gasteiger partial charge in [-0.2, -0.15) is 0 Å². The minimum absolute atomic E-state index is 0.139. The molecule has 0 fully saturated rings. The third kappa shape index (κ3) is 5.44. The number of carbonyl (C=O) groups excluding carboxylic acids is 3. The molecule has 1 atom stereocenters. The van der Waals surface area contributed by atoms with Gasteiger partial charge in [-0.25, -0.2) is 0 Å². The molecule has 136 valence electrons. The number of hydrogen-bond donors (Lipinski definition) is 1. The molecule has 2 aromatic rings. The molecule has 0 heterocycles. The van der Waals surface area contributed by atoms with Gasteiger partial charge in [0.2, 0.25) is 0 Å². The molecule has 26 heavy (non-hydrogen) atoms. The second kappa shape index (κ2) is 9.36. The zero-order chi connectivity index (χ0) is 18.9. The number of amides is 1. The standard InChI is InChI=1S/C20H21NO5/c1-14(23)18(10-15-6-4-3-5-7-15)21-20(24)13-26-19-9-8-17(25-2)11-16(19)12-22/h3-9,11-12,18H,10,13H2,1-2H3,(H,21,24)/t18-/m1/s1. The number of aldehydes is 1. The van der Waals surface area contributed by atoms with Gasteiger partial charge in [0, 0.05) is 0 Å². The Labute approximate surface area is 152 Å². The quantitative estimate of drug-likeness (QED) is 0.698. The summed E-state index contributed by atoms with van der Waals surface area (Å²) in [4.78, 5) is 35.1. The van der Waals surface area contributed by atoms with E-state index in [1.54, 1.807) is 12.1 Å². The minimum atomic E-state index is -0.630. The van der Waals surface area contributed by atoms with Crippen LogP contribution in [0.3, 0.4) is 0 Å². The van der Waals surface area contributed by atoms with Crippen LogP contribution in [-0.2, 0) is 16.0 Å². The summed E-state index contributed by atoms with van der Waals surface area (Å²) in [7, 11) is 1.49. The van der Waals surface area contributed by atoms with Crippen LogP contribution in [0.5, 0.6) is 11.5 Å². The lowest BCUT2D eigenvalue weighted by molar-refractivity contribution is -0.128. The Morgan fingerprint density at radius 1 is 1.15 bits per heavy atom. The third-order valence-corrected chi connectivity index (χ3v) is 3.81. The summed E-state index contributed by atoms with van der Waals surface area (Å²) in [6.07, 6.45) is 1.04. The van der Waals surface area contributed by atoms with Crippen molar-refractivity contribution in [1.82, 2.24) is 5.32 Å². The van der Waals surface area contributed by atoms with E-state index in [0.717, 1.165) is 5.56 Å². The maximum atomic E-state index is 12.1. The maximum Gasteiger partial charge on any atom is 0.258 e. The van der Waals surface area contributed by atoms with E-state index in [-0.39, 0.29) is 23.7 Å². The average Bonchev–Trinajstić information content (AvgIpc) is 2.66. The van der Waals surface area contributed by atoms with Gasteiger partial charge in [0.25, 0.3) is 5.91 Å². The first-order valence-electron chi connectivity index (χ1n) is 8.13. The van der Waals surface area contributed by atoms with Gasteiger partial charge in [-0.1, -0.05) is 30.3 Å². The molecule has 0 aliphatic rings. The molecule has 0 radical (unpaired) electrons. The van der Waals surface area contributed by atoms with Crippen LogP contribution in [0.4, 0.5) is 0 Å². The first-order chi connectivity index (χ1) is 12.5. The number of methoxy groups -OCH3 is 1. The topological polar surface area (TPSA) is 81.7 Å². The fraction of sp³-hybridized carbons (Fsp3) is 0.250. The Morgan fingerprint density at radius 3 is 2.50 bits per heavy atom. The molecule has 0 unspecified atom stereocenters. The van der Waals surface area contributed by atoms with Crippen LogP contribution < -0.4 is 14.8 Å². The van der Waals surface area contributed by atoms with Crippen molar-refractivity contribution in [2.24, 2.45) is 0 Å². The number of hydrogen-bond acceptors (Lipinski definition) is 5. The van der Waals surface area contributed by atoms with Crippen LogP contribution in [0, 0.1) is 0 Å². The second-order valence-corrected chi connectivity index (χ2v) is 5.73. The number of carbonyl (C=O) groups is 3. The largest absolute Gasteiger partial charge is 0.497 e. The lowest BCUT2D eigenvalue weighted by Crippen LogP contribution is -2.43. The van der Waals surface area contributed by atoms with E-state index in [4.69, 9.17) is 9.47 Å². The van der Waals surface area contributed by atoms with Gasteiger partial charge in [0.1, 0.15) is 11.5 Å². The molecule has 0 bridgehead atoms. The van der Waals surface area contributed by atoms with Gasteiger partial charge in [0.15, 0.2) is 18.7 Å². The van der Waals surface area contributed by atoms with Crippen molar-refractivity contribution >= 4 is 18.0 Å². The van der Waals surface area contributed by atoms with Crippen molar-refractivity contribution in [3.05, 3.63) is 59.7 Å². The van der Waals surface area contributed by atoms with Crippen LogP contribution in [-0.4, -0.2) is 37.7 Å². The molecule has 0 aliphatic carbocycles. The Kier molecular flexibility index (Phi) is 6.91. The molecule has 0 saturated heterocycles. The third-order valence-electron chi connectivity index (χ3n) is 3.81. The van der Waals surface area contributed by atoms with E-state index in [2.05, 4.69) is 5.32 Å². The van der Waals surface area contributed by atoms with Crippen molar-refractivity contribution in [2.75, 3.05) is 13.7 Å². The molecule has 2 aromatic carbocycles. The summed E-state index contributed by atoms with van der Waals surface area (Å²) in [5.41, 5.74) is 1.23. The molecule has 0 spiro atoms. The van der Waals surface area contributed by atoms with Gasteiger partial charge in [-0.05, 0) is 37.1 Å². The van der Waals surface area contributed by atoms with Crippen LogP contribution in [0.1, 0.15) is 22.8 Å². The van der Waals surface area contributed by atoms with E-state index in [1.807, 2.05) is 30.3 Å². The second-order valence-electron chi connectivity index (χ2n) is 5.73. The Balaban J connectivity index is 1.96. The van der Waals surface area contributed by atoms with E-state index < -0.39 is 11.9 Å². The lowest BCUT2D eigenvalue weighted by Gasteiger charge is -2.16. The molecular formula is C20H21NO5. The average molecular weight is 355 g/mol. The highest BCUT2D eigenvalue weighted by molar-refractivity contribution is 5.88. The highest BCUT2D eigenvalue weighted by Gasteiger charge is 2.18. The van der Waals surface area contributed by atoms with Gasteiger partial charge in [-0.3, -0.25) is 14.4 Å². The summed E-state index contributed by atoms with van der Waals surface area (Å²) in [5.74, 6) is 0.218. The fourth-order valence-corrected chi connectivity index (χ4v) is 2.40. The lowest BCUT2D eigenvalue weighted by atomic mass is 10.0. The molecule has 6 nitrogen and oxygen atoms in total. The summed E-state index contributed by atoms with van der Waals surface area (Å²) < 4.78 is 10.5. The maximum absolute atomic E-state index is 12.1. The van der Waals surface area contributed by atoms with Crippen LogP contribution in [0.25, 0.3) is 0 Å². The molecule has 6 heteroatoms. The molecule has 1 N–H and O–H groups in total. The number of Topliss-reactive ketones (excluding diaryl/α,β-unsaturated/α-hetero) is 1. The van der Waals surface area contributed by atoms with Crippen molar-refractivity contribution in [3.63, 3.8) is 0 Å². The zero-order valence-corrected chi connectivity index (χ0v) is 14.7. The van der Waals surface area contributed by atoms with E-state index in [1.165, 1.54) is 20.1 Å². The van der Waals surface area contributed by atoms with E-state index in [9.17, 15) is 14.4 Å². The molecule has 1 amide bonds. The number of benzene rings is 2. The molecule has 0 aliphatic heterocycles. The van der Waals surface area contributed by atoms with Crippen molar-refractivity contribution in [3.8, 4) is 11.5 Å². The van der Waals surface area contributed by atoms with Crippen LogP contribution in [0.2, 0.25) is 0 Å². The van der Waals surface area contributed by atoms with Crippen molar-refractivity contribution in [1.29, 1.82) is 0 Å². The molecular weight excluding hydrogens is 334 g/mol. The summed E-state index contributed by atoms with van der Waals surface area (Å²) >= 11 is 0. The molecule has 0 aromatic heterocycles. The predicted molar refractivity (Wildman–Crippen MR) is 96.6 cm³/mol. The summed E-state index contributed by atoms with van der Waals surface area (Å²) in [5, 5.41) is 2.67. The minimum Gasteiger partial charge on any atom is -0.497 e. The van der Waals surface area contributed by atoms with E-state index >= 15 is 0 Å². The number of ketones is 1. The van der Waals surface area contributed by atoms with Crippen molar-refractivity contribution < 1.29 is 23.9 Å². The van der Waals surface area contributed by atoms with Crippen LogP contribution in [0.15, 0.2) is 48.5 Å².